The van der Waals surface area contributed by atoms with E-state index in [9.17, 15) is 4.79 Å². The van der Waals surface area contributed by atoms with Crippen LogP contribution in [0.3, 0.4) is 0 Å². The summed E-state index contributed by atoms with van der Waals surface area (Å²) in [6.07, 6.45) is 8.02. The van der Waals surface area contributed by atoms with Crippen LogP contribution in [0.5, 0.6) is 11.5 Å². The highest BCUT2D eigenvalue weighted by Gasteiger charge is 2.25. The monoisotopic (exact) mass is 396 g/mol. The zero-order valence-electron chi connectivity index (χ0n) is 16.9. The molecule has 2 aromatic rings. The van der Waals surface area contributed by atoms with Gasteiger partial charge in [-0.15, -0.1) is 0 Å². The van der Waals surface area contributed by atoms with E-state index >= 15 is 0 Å². The number of nitrogens with zero attached hydrogens (tertiary/aromatic N) is 2. The Kier molecular flexibility index (Phi) is 6.20. The Hall–Kier alpha value is -2.73. The summed E-state index contributed by atoms with van der Waals surface area (Å²) in [5.41, 5.74) is 1.11. The quantitative estimate of drug-likeness (QED) is 0.712. The topological polar surface area (TPSA) is 55.2 Å². The molecule has 4 rings (SSSR count). The third-order valence-electron chi connectivity index (χ3n) is 5.30. The third-order valence-corrected chi connectivity index (χ3v) is 5.30. The Labute approximate surface area is 171 Å². The third kappa shape index (κ3) is 5.01. The second-order valence-corrected chi connectivity index (χ2v) is 7.69. The van der Waals surface area contributed by atoms with Crippen molar-refractivity contribution < 1.29 is 18.7 Å². The van der Waals surface area contributed by atoms with Gasteiger partial charge in [0.15, 0.2) is 11.5 Å². The molecule has 1 unspecified atom stereocenters. The molecule has 0 saturated carbocycles. The van der Waals surface area contributed by atoms with E-state index in [0.717, 1.165) is 42.2 Å². The van der Waals surface area contributed by atoms with Crippen molar-refractivity contribution in [1.82, 2.24) is 9.80 Å². The molecule has 1 atom stereocenters. The molecule has 154 valence electrons. The van der Waals surface area contributed by atoms with Crippen LogP contribution in [0.4, 0.5) is 0 Å². The summed E-state index contributed by atoms with van der Waals surface area (Å²) >= 11 is 0. The van der Waals surface area contributed by atoms with E-state index in [-0.39, 0.29) is 12.0 Å². The van der Waals surface area contributed by atoms with Crippen LogP contribution in [0.1, 0.15) is 31.4 Å². The number of para-hydroxylation sites is 2. The van der Waals surface area contributed by atoms with Gasteiger partial charge in [0.05, 0.1) is 19.4 Å². The zero-order chi connectivity index (χ0) is 20.1. The number of allylic oxidation sites excluding steroid dienone is 2. The van der Waals surface area contributed by atoms with E-state index in [1.54, 1.807) is 6.26 Å². The van der Waals surface area contributed by atoms with Gasteiger partial charge in [-0.05, 0) is 57.0 Å². The molecule has 2 aliphatic rings. The number of hydrogen-bond donors (Lipinski definition) is 0. The SMILES string of the molecule is CN(CC(=O)N(Cc1ccco1)C1=CCCCC1)CC1COc2ccccc2O1. The fourth-order valence-corrected chi connectivity index (χ4v) is 3.86. The summed E-state index contributed by atoms with van der Waals surface area (Å²) in [4.78, 5) is 17.0. The van der Waals surface area contributed by atoms with Crippen LogP contribution in [-0.4, -0.2) is 48.6 Å². The highest BCUT2D eigenvalue weighted by atomic mass is 16.6. The van der Waals surface area contributed by atoms with Gasteiger partial charge in [-0.2, -0.15) is 0 Å². The van der Waals surface area contributed by atoms with E-state index in [4.69, 9.17) is 13.9 Å². The van der Waals surface area contributed by atoms with E-state index in [1.807, 2.05) is 53.2 Å². The number of fused-ring (bicyclic) bond motifs is 1. The number of benzene rings is 1. The molecule has 6 heteroatoms. The molecule has 1 aromatic carbocycles. The number of rotatable bonds is 7. The summed E-state index contributed by atoms with van der Waals surface area (Å²) in [5, 5.41) is 0. The van der Waals surface area contributed by atoms with Crippen LogP contribution < -0.4 is 9.47 Å². The molecule has 0 spiro atoms. The van der Waals surface area contributed by atoms with E-state index in [2.05, 4.69) is 6.08 Å². The second kappa shape index (κ2) is 9.18. The van der Waals surface area contributed by atoms with Gasteiger partial charge in [-0.3, -0.25) is 9.69 Å². The molecule has 0 bridgehead atoms. The van der Waals surface area contributed by atoms with E-state index in [0.29, 0.717) is 26.2 Å². The van der Waals surface area contributed by atoms with Crippen LogP contribution in [0.25, 0.3) is 0 Å². The normalized spacial score (nSPS) is 18.4. The summed E-state index contributed by atoms with van der Waals surface area (Å²) in [6, 6.07) is 11.5. The van der Waals surface area contributed by atoms with Gasteiger partial charge >= 0.3 is 0 Å². The minimum absolute atomic E-state index is 0.0779. The number of hydrogen-bond acceptors (Lipinski definition) is 5. The molecule has 0 N–H and O–H groups in total. The van der Waals surface area contributed by atoms with Crippen molar-refractivity contribution in [1.29, 1.82) is 0 Å². The summed E-state index contributed by atoms with van der Waals surface area (Å²) in [6.45, 7) is 1.89. The molecular formula is C23H28N2O4. The molecule has 29 heavy (non-hydrogen) atoms. The molecule has 6 nitrogen and oxygen atoms in total. The first-order valence-electron chi connectivity index (χ1n) is 10.3. The lowest BCUT2D eigenvalue weighted by Gasteiger charge is -2.31. The number of amides is 1. The lowest BCUT2D eigenvalue weighted by atomic mass is 10.0. The van der Waals surface area contributed by atoms with Crippen LogP contribution in [0, 0.1) is 0 Å². The minimum Gasteiger partial charge on any atom is -0.486 e. The van der Waals surface area contributed by atoms with Crippen LogP contribution in [-0.2, 0) is 11.3 Å². The van der Waals surface area contributed by atoms with Crippen LogP contribution in [0.2, 0.25) is 0 Å². The number of likely N-dealkylation sites (N-methyl/N-ethyl adjacent to an activating group) is 1. The van der Waals surface area contributed by atoms with Crippen molar-refractivity contribution in [3.05, 3.63) is 60.2 Å². The van der Waals surface area contributed by atoms with Gasteiger partial charge in [0.2, 0.25) is 5.91 Å². The summed E-state index contributed by atoms with van der Waals surface area (Å²) in [7, 11) is 1.95. The maximum atomic E-state index is 13.1. The molecule has 0 saturated heterocycles. The predicted octanol–water partition coefficient (Wildman–Crippen LogP) is 3.84. The molecule has 1 aliphatic carbocycles. The Balaban J connectivity index is 1.37. The fraction of sp³-hybridized carbons (Fsp3) is 0.435. The smallest absolute Gasteiger partial charge is 0.241 e. The lowest BCUT2D eigenvalue weighted by molar-refractivity contribution is -0.131. The van der Waals surface area contributed by atoms with Crippen LogP contribution in [0.15, 0.2) is 58.9 Å². The highest BCUT2D eigenvalue weighted by molar-refractivity contribution is 5.80. The molecule has 1 aromatic heterocycles. The average molecular weight is 396 g/mol. The minimum atomic E-state index is -0.102. The highest BCUT2D eigenvalue weighted by Crippen LogP contribution is 2.31. The number of carbonyl (C=O) groups is 1. The van der Waals surface area contributed by atoms with Gasteiger partial charge in [0, 0.05) is 12.2 Å². The van der Waals surface area contributed by atoms with Gasteiger partial charge in [-0.1, -0.05) is 18.2 Å². The maximum absolute atomic E-state index is 13.1. The van der Waals surface area contributed by atoms with E-state index < -0.39 is 0 Å². The molecule has 0 fully saturated rings. The second-order valence-electron chi connectivity index (χ2n) is 7.69. The summed E-state index contributed by atoms with van der Waals surface area (Å²) in [5.74, 6) is 2.41. The largest absolute Gasteiger partial charge is 0.486 e. The molecular weight excluding hydrogens is 368 g/mol. The molecule has 0 radical (unpaired) electrons. The summed E-state index contributed by atoms with van der Waals surface area (Å²) < 4.78 is 17.3. The van der Waals surface area contributed by atoms with Crippen molar-refractivity contribution in [3.63, 3.8) is 0 Å². The zero-order valence-corrected chi connectivity index (χ0v) is 16.9. The first-order valence-corrected chi connectivity index (χ1v) is 10.3. The van der Waals surface area contributed by atoms with Crippen LogP contribution >= 0.6 is 0 Å². The Morgan fingerprint density at radius 2 is 2.00 bits per heavy atom. The van der Waals surface area contributed by atoms with Gasteiger partial charge < -0.3 is 18.8 Å². The Bertz CT molecular complexity index is 846. The van der Waals surface area contributed by atoms with Gasteiger partial charge in [0.1, 0.15) is 18.5 Å². The van der Waals surface area contributed by atoms with Crippen molar-refractivity contribution in [2.75, 3.05) is 26.7 Å². The molecule has 1 amide bonds. The average Bonchev–Trinajstić information content (AvgIpc) is 3.26. The van der Waals surface area contributed by atoms with Gasteiger partial charge in [-0.25, -0.2) is 0 Å². The van der Waals surface area contributed by atoms with E-state index in [1.165, 1.54) is 6.42 Å². The first-order chi connectivity index (χ1) is 14.2. The molecule has 1 aliphatic heterocycles. The lowest BCUT2D eigenvalue weighted by Crippen LogP contribution is -2.44. The van der Waals surface area contributed by atoms with Crippen molar-refractivity contribution in [3.8, 4) is 11.5 Å². The number of ether oxygens (including phenoxy) is 2. The van der Waals surface area contributed by atoms with Crippen molar-refractivity contribution in [2.24, 2.45) is 0 Å². The number of carbonyl (C=O) groups excluding carboxylic acids is 1. The predicted molar refractivity (Wildman–Crippen MR) is 110 cm³/mol. The van der Waals surface area contributed by atoms with Crippen molar-refractivity contribution >= 4 is 5.91 Å². The van der Waals surface area contributed by atoms with Crippen molar-refractivity contribution in [2.45, 2.75) is 38.3 Å². The first kappa shape index (κ1) is 19.6. The fourth-order valence-electron chi connectivity index (χ4n) is 3.86. The number of furan rings is 1. The van der Waals surface area contributed by atoms with Gasteiger partial charge in [0.25, 0.3) is 0 Å². The maximum Gasteiger partial charge on any atom is 0.241 e. The Morgan fingerprint density at radius 3 is 2.76 bits per heavy atom. The Morgan fingerprint density at radius 1 is 1.14 bits per heavy atom. The molecule has 2 heterocycles. The standard InChI is InChI=1S/C23H28N2O4/c1-24(14-20-17-28-21-11-5-6-12-22(21)29-20)16-23(26)25(15-19-10-7-13-27-19)18-8-3-2-4-9-18/h5-8,10-13,20H,2-4,9,14-17H2,1H3.